The van der Waals surface area contributed by atoms with Crippen LogP contribution >= 0.6 is 0 Å². The molecule has 3 rings (SSSR count). The fourth-order valence-electron chi connectivity index (χ4n) is 2.57. The minimum absolute atomic E-state index is 0.171. The molecule has 2 heterocycles. The summed E-state index contributed by atoms with van der Waals surface area (Å²) < 4.78 is 7.01. The summed E-state index contributed by atoms with van der Waals surface area (Å²) in [5, 5.41) is 14.0. The van der Waals surface area contributed by atoms with E-state index < -0.39 is 5.97 Å². The van der Waals surface area contributed by atoms with Crippen molar-refractivity contribution in [2.75, 3.05) is 6.61 Å². The zero-order valence-electron chi connectivity index (χ0n) is 13.4. The molecule has 2 aromatic heterocycles. The van der Waals surface area contributed by atoms with E-state index in [1.54, 1.807) is 29.9 Å². The van der Waals surface area contributed by atoms with E-state index in [9.17, 15) is 9.90 Å². The average Bonchev–Trinajstić information content (AvgIpc) is 2.94. The number of aromatic carboxylic acids is 1. The van der Waals surface area contributed by atoms with Crippen molar-refractivity contribution in [2.24, 2.45) is 0 Å². The van der Waals surface area contributed by atoms with Crippen molar-refractivity contribution in [3.8, 4) is 22.8 Å². The molecule has 0 amide bonds. The van der Waals surface area contributed by atoms with Gasteiger partial charge >= 0.3 is 5.97 Å². The molecule has 0 fully saturated rings. The van der Waals surface area contributed by atoms with E-state index >= 15 is 0 Å². The van der Waals surface area contributed by atoms with Gasteiger partial charge in [0.1, 0.15) is 11.3 Å². The smallest absolute Gasteiger partial charge is 0.339 e. The standard InChI is InChI=1S/C18H17N3O3/c1-3-24-14-9-7-13(8-10-14)17-16(18(22)23)12(2)20-21(17)15-6-4-5-11-19-15/h4-11H,3H2,1-2H3,(H,22,23). The van der Waals surface area contributed by atoms with Crippen LogP contribution < -0.4 is 4.74 Å². The maximum Gasteiger partial charge on any atom is 0.339 e. The number of carbonyl (C=O) groups is 1. The van der Waals surface area contributed by atoms with E-state index in [0.717, 1.165) is 11.3 Å². The highest BCUT2D eigenvalue weighted by molar-refractivity contribution is 5.96. The summed E-state index contributed by atoms with van der Waals surface area (Å²) in [5.74, 6) is 0.286. The second-order valence-electron chi connectivity index (χ2n) is 5.17. The number of benzene rings is 1. The first-order valence-electron chi connectivity index (χ1n) is 7.59. The van der Waals surface area contributed by atoms with Gasteiger partial charge in [0, 0.05) is 11.8 Å². The number of hydrogen-bond donors (Lipinski definition) is 1. The van der Waals surface area contributed by atoms with Crippen molar-refractivity contribution < 1.29 is 14.6 Å². The highest BCUT2D eigenvalue weighted by atomic mass is 16.5. The molecule has 1 aromatic carbocycles. The fourth-order valence-corrected chi connectivity index (χ4v) is 2.57. The number of hydrogen-bond acceptors (Lipinski definition) is 4. The summed E-state index contributed by atoms with van der Waals surface area (Å²) in [6.07, 6.45) is 1.65. The monoisotopic (exact) mass is 323 g/mol. The van der Waals surface area contributed by atoms with Crippen molar-refractivity contribution in [3.63, 3.8) is 0 Å². The third-order valence-electron chi connectivity index (χ3n) is 3.58. The Bertz CT molecular complexity index is 855. The molecule has 0 bridgehead atoms. The lowest BCUT2D eigenvalue weighted by molar-refractivity contribution is 0.0697. The number of aromatic nitrogens is 3. The van der Waals surface area contributed by atoms with Gasteiger partial charge in [-0.25, -0.2) is 14.5 Å². The molecule has 0 spiro atoms. The summed E-state index contributed by atoms with van der Waals surface area (Å²) in [5.41, 5.74) is 1.85. The first kappa shape index (κ1) is 15.7. The van der Waals surface area contributed by atoms with Gasteiger partial charge in [0.2, 0.25) is 0 Å². The third-order valence-corrected chi connectivity index (χ3v) is 3.58. The topological polar surface area (TPSA) is 77.2 Å². The van der Waals surface area contributed by atoms with Gasteiger partial charge in [-0.3, -0.25) is 0 Å². The van der Waals surface area contributed by atoms with Crippen molar-refractivity contribution in [1.29, 1.82) is 0 Å². The first-order valence-corrected chi connectivity index (χ1v) is 7.59. The summed E-state index contributed by atoms with van der Waals surface area (Å²) >= 11 is 0. The van der Waals surface area contributed by atoms with Crippen LogP contribution in [0.5, 0.6) is 5.75 Å². The molecular weight excluding hydrogens is 306 g/mol. The highest BCUT2D eigenvalue weighted by Crippen LogP contribution is 2.30. The summed E-state index contributed by atoms with van der Waals surface area (Å²) in [6.45, 7) is 4.17. The van der Waals surface area contributed by atoms with Crippen LogP contribution in [0.4, 0.5) is 0 Å². The molecule has 0 radical (unpaired) electrons. The van der Waals surface area contributed by atoms with Gasteiger partial charge < -0.3 is 9.84 Å². The van der Waals surface area contributed by atoms with E-state index in [1.807, 2.05) is 37.3 Å². The Morgan fingerprint density at radius 1 is 1.21 bits per heavy atom. The lowest BCUT2D eigenvalue weighted by Gasteiger charge is -2.09. The lowest BCUT2D eigenvalue weighted by Crippen LogP contribution is -2.04. The number of aryl methyl sites for hydroxylation is 1. The predicted molar refractivity (Wildman–Crippen MR) is 89.7 cm³/mol. The van der Waals surface area contributed by atoms with Crippen LogP contribution in [0.2, 0.25) is 0 Å². The number of ether oxygens (including phenoxy) is 1. The maximum atomic E-state index is 11.7. The van der Waals surface area contributed by atoms with Crippen molar-refractivity contribution in [1.82, 2.24) is 14.8 Å². The fraction of sp³-hybridized carbons (Fsp3) is 0.167. The summed E-state index contributed by atoms with van der Waals surface area (Å²) in [7, 11) is 0. The van der Waals surface area contributed by atoms with Crippen LogP contribution in [-0.4, -0.2) is 32.4 Å². The van der Waals surface area contributed by atoms with Crippen LogP contribution in [0, 0.1) is 6.92 Å². The molecule has 0 aliphatic carbocycles. The number of carboxylic acid groups (broad SMARTS) is 1. The van der Waals surface area contributed by atoms with Crippen molar-refractivity contribution in [3.05, 3.63) is 59.9 Å². The Morgan fingerprint density at radius 2 is 1.96 bits per heavy atom. The van der Waals surface area contributed by atoms with Gasteiger partial charge in [0.15, 0.2) is 5.82 Å². The van der Waals surface area contributed by atoms with E-state index in [2.05, 4.69) is 10.1 Å². The molecule has 0 aliphatic rings. The molecule has 1 N–H and O–H groups in total. The SMILES string of the molecule is CCOc1ccc(-c2c(C(=O)O)c(C)nn2-c2ccccn2)cc1. The van der Waals surface area contributed by atoms with Crippen LogP contribution in [-0.2, 0) is 0 Å². The molecule has 0 unspecified atom stereocenters. The van der Waals surface area contributed by atoms with Crippen LogP contribution in [0.3, 0.4) is 0 Å². The molecule has 3 aromatic rings. The molecule has 6 nitrogen and oxygen atoms in total. The Balaban J connectivity index is 2.19. The Morgan fingerprint density at radius 3 is 2.54 bits per heavy atom. The molecule has 0 aliphatic heterocycles. The Kier molecular flexibility index (Phi) is 4.29. The lowest BCUT2D eigenvalue weighted by atomic mass is 10.1. The molecule has 24 heavy (non-hydrogen) atoms. The van der Waals surface area contributed by atoms with Gasteiger partial charge in [0.25, 0.3) is 0 Å². The normalized spacial score (nSPS) is 10.6. The minimum atomic E-state index is -1.02. The quantitative estimate of drug-likeness (QED) is 0.779. The van der Waals surface area contributed by atoms with Crippen LogP contribution in [0.15, 0.2) is 48.7 Å². The molecule has 6 heteroatoms. The van der Waals surface area contributed by atoms with E-state index in [0.29, 0.717) is 23.8 Å². The molecule has 122 valence electrons. The largest absolute Gasteiger partial charge is 0.494 e. The van der Waals surface area contributed by atoms with Crippen LogP contribution in [0.1, 0.15) is 23.0 Å². The number of pyridine rings is 1. The second-order valence-corrected chi connectivity index (χ2v) is 5.17. The van der Waals surface area contributed by atoms with Gasteiger partial charge in [-0.2, -0.15) is 5.10 Å². The van der Waals surface area contributed by atoms with Gasteiger partial charge in [-0.15, -0.1) is 0 Å². The zero-order chi connectivity index (χ0) is 17.1. The average molecular weight is 323 g/mol. The predicted octanol–water partition coefficient (Wildman–Crippen LogP) is 3.34. The molecule has 0 atom stereocenters. The third kappa shape index (κ3) is 2.86. The first-order chi connectivity index (χ1) is 11.6. The van der Waals surface area contributed by atoms with E-state index in [4.69, 9.17) is 4.74 Å². The van der Waals surface area contributed by atoms with E-state index in [-0.39, 0.29) is 5.56 Å². The molecule has 0 saturated heterocycles. The Labute approximate surface area is 139 Å². The number of nitrogens with zero attached hydrogens (tertiary/aromatic N) is 3. The second kappa shape index (κ2) is 6.54. The highest BCUT2D eigenvalue weighted by Gasteiger charge is 2.23. The molecule has 0 saturated carbocycles. The number of rotatable bonds is 5. The Hall–Kier alpha value is -3.15. The summed E-state index contributed by atoms with van der Waals surface area (Å²) in [4.78, 5) is 16.0. The van der Waals surface area contributed by atoms with Crippen molar-refractivity contribution >= 4 is 5.97 Å². The summed E-state index contributed by atoms with van der Waals surface area (Å²) in [6, 6.07) is 12.7. The van der Waals surface area contributed by atoms with E-state index in [1.165, 1.54) is 0 Å². The van der Waals surface area contributed by atoms with Gasteiger partial charge in [0.05, 0.1) is 18.0 Å². The zero-order valence-corrected chi connectivity index (χ0v) is 13.4. The molecular formula is C18H17N3O3. The van der Waals surface area contributed by atoms with Gasteiger partial charge in [-0.05, 0) is 50.2 Å². The van der Waals surface area contributed by atoms with Gasteiger partial charge in [-0.1, -0.05) is 6.07 Å². The van der Waals surface area contributed by atoms with Crippen LogP contribution in [0.25, 0.3) is 17.1 Å². The number of carboxylic acids is 1. The van der Waals surface area contributed by atoms with Crippen molar-refractivity contribution in [2.45, 2.75) is 13.8 Å². The maximum absolute atomic E-state index is 11.7. The minimum Gasteiger partial charge on any atom is -0.494 e.